The van der Waals surface area contributed by atoms with E-state index in [1.54, 1.807) is 39.7 Å². The molecule has 0 spiro atoms. The highest BCUT2D eigenvalue weighted by atomic mass is 16.5. The summed E-state index contributed by atoms with van der Waals surface area (Å²) in [5.74, 6) is 1.65. The van der Waals surface area contributed by atoms with Gasteiger partial charge >= 0.3 is 5.69 Å². The number of hydrogen-bond donors (Lipinski definition) is 2. The van der Waals surface area contributed by atoms with Gasteiger partial charge in [-0.2, -0.15) is 0 Å². The summed E-state index contributed by atoms with van der Waals surface area (Å²) in [7, 11) is 4.68. The van der Waals surface area contributed by atoms with Crippen LogP contribution in [0.5, 0.6) is 17.2 Å². The van der Waals surface area contributed by atoms with Crippen LogP contribution in [0.4, 0.5) is 5.69 Å². The van der Waals surface area contributed by atoms with Crippen LogP contribution in [-0.4, -0.2) is 37.5 Å². The maximum Gasteiger partial charge on any atom is 0.323 e. The van der Waals surface area contributed by atoms with E-state index in [4.69, 9.17) is 14.2 Å². The Morgan fingerprint density at radius 1 is 0.917 bits per heavy atom. The monoisotopic (exact) mass is 327 g/mol. The van der Waals surface area contributed by atoms with Gasteiger partial charge in [0.1, 0.15) is 0 Å². The minimum atomic E-state index is -0.240. The number of benzene rings is 2. The maximum atomic E-state index is 11.3. The Morgan fingerprint density at radius 2 is 1.58 bits per heavy atom. The molecule has 2 aromatic carbocycles. The van der Waals surface area contributed by atoms with Crippen molar-refractivity contribution < 1.29 is 14.2 Å². The number of hydrogen-bond acceptors (Lipinski definition) is 5. The van der Waals surface area contributed by atoms with E-state index < -0.39 is 0 Å². The predicted molar refractivity (Wildman–Crippen MR) is 92.3 cm³/mol. The molecule has 0 saturated heterocycles. The third kappa shape index (κ3) is 2.96. The molecule has 0 amide bonds. The number of H-pyrrole nitrogens is 2. The van der Waals surface area contributed by atoms with Crippen LogP contribution in [0.15, 0.2) is 40.1 Å². The standard InChI is InChI=1S/C17H17N3O4/c1-22-14-6-10(7-15(23-2)16(14)24-3)9-18-11-4-5-12-13(8-11)20-17(21)19-12/h4-9H,1-3H3,(H2,19,20,21). The first kappa shape index (κ1) is 15.7. The van der Waals surface area contributed by atoms with Gasteiger partial charge in [0.05, 0.1) is 38.1 Å². The van der Waals surface area contributed by atoms with Crippen molar-refractivity contribution in [3.05, 3.63) is 46.4 Å². The van der Waals surface area contributed by atoms with Crippen LogP contribution in [0, 0.1) is 0 Å². The second-order valence-corrected chi connectivity index (χ2v) is 5.03. The van der Waals surface area contributed by atoms with Crippen molar-refractivity contribution in [2.75, 3.05) is 21.3 Å². The highest BCUT2D eigenvalue weighted by Crippen LogP contribution is 2.37. The normalized spacial score (nSPS) is 11.1. The van der Waals surface area contributed by atoms with Crippen LogP contribution < -0.4 is 19.9 Å². The van der Waals surface area contributed by atoms with Gasteiger partial charge in [-0.05, 0) is 30.3 Å². The van der Waals surface area contributed by atoms with Gasteiger partial charge in [-0.1, -0.05) is 0 Å². The first-order valence-electron chi connectivity index (χ1n) is 7.20. The molecule has 0 radical (unpaired) electrons. The van der Waals surface area contributed by atoms with Crippen molar-refractivity contribution in [1.29, 1.82) is 0 Å². The lowest BCUT2D eigenvalue weighted by Crippen LogP contribution is -1.99. The fourth-order valence-electron chi connectivity index (χ4n) is 2.43. The van der Waals surface area contributed by atoms with Crippen LogP contribution in [0.2, 0.25) is 0 Å². The number of fused-ring (bicyclic) bond motifs is 1. The molecule has 0 fully saturated rings. The number of ether oxygens (including phenoxy) is 3. The van der Waals surface area contributed by atoms with Gasteiger partial charge in [-0.15, -0.1) is 0 Å². The highest BCUT2D eigenvalue weighted by Gasteiger charge is 2.12. The zero-order chi connectivity index (χ0) is 17.1. The van der Waals surface area contributed by atoms with E-state index in [0.717, 1.165) is 11.1 Å². The number of aromatic nitrogens is 2. The summed E-state index contributed by atoms with van der Waals surface area (Å²) in [4.78, 5) is 21.1. The van der Waals surface area contributed by atoms with E-state index in [1.165, 1.54) is 0 Å². The molecular formula is C17H17N3O4. The van der Waals surface area contributed by atoms with Gasteiger partial charge in [0.2, 0.25) is 5.75 Å². The fourth-order valence-corrected chi connectivity index (χ4v) is 2.43. The Kier molecular flexibility index (Phi) is 4.24. The Hall–Kier alpha value is -3.22. The zero-order valence-corrected chi connectivity index (χ0v) is 13.5. The number of nitrogens with one attached hydrogen (secondary N) is 2. The number of methoxy groups -OCH3 is 3. The molecule has 0 aliphatic carbocycles. The highest BCUT2D eigenvalue weighted by molar-refractivity contribution is 5.86. The minimum absolute atomic E-state index is 0.240. The topological polar surface area (TPSA) is 88.7 Å². The van der Waals surface area contributed by atoms with Gasteiger partial charge in [0, 0.05) is 11.8 Å². The molecule has 124 valence electrons. The smallest absolute Gasteiger partial charge is 0.323 e. The van der Waals surface area contributed by atoms with Gasteiger partial charge in [-0.3, -0.25) is 4.99 Å². The van der Waals surface area contributed by atoms with Gasteiger partial charge < -0.3 is 24.2 Å². The van der Waals surface area contributed by atoms with E-state index >= 15 is 0 Å². The number of aromatic amines is 2. The predicted octanol–water partition coefficient (Wildman–Crippen LogP) is 2.63. The van der Waals surface area contributed by atoms with Crippen LogP contribution in [-0.2, 0) is 0 Å². The van der Waals surface area contributed by atoms with Crippen LogP contribution >= 0.6 is 0 Å². The molecule has 0 aliphatic rings. The largest absolute Gasteiger partial charge is 0.493 e. The maximum absolute atomic E-state index is 11.3. The molecule has 2 N–H and O–H groups in total. The molecule has 1 aromatic heterocycles. The molecule has 7 nitrogen and oxygen atoms in total. The summed E-state index contributed by atoms with van der Waals surface area (Å²) in [6.07, 6.45) is 1.69. The van der Waals surface area contributed by atoms with Crippen molar-refractivity contribution in [1.82, 2.24) is 9.97 Å². The van der Waals surface area contributed by atoms with Gasteiger partial charge in [-0.25, -0.2) is 4.79 Å². The zero-order valence-electron chi connectivity index (χ0n) is 13.5. The Bertz CT molecular complexity index is 931. The molecule has 3 rings (SSSR count). The molecule has 0 aliphatic heterocycles. The summed E-state index contributed by atoms with van der Waals surface area (Å²) in [6, 6.07) is 9.03. The molecule has 0 saturated carbocycles. The van der Waals surface area contributed by atoms with Crippen molar-refractivity contribution in [3.63, 3.8) is 0 Å². The summed E-state index contributed by atoms with van der Waals surface area (Å²) in [5, 5.41) is 0. The van der Waals surface area contributed by atoms with Gasteiger partial charge in [0.15, 0.2) is 11.5 Å². The number of nitrogens with zero attached hydrogens (tertiary/aromatic N) is 1. The van der Waals surface area contributed by atoms with Crippen molar-refractivity contribution in [3.8, 4) is 17.2 Å². The first-order valence-corrected chi connectivity index (χ1v) is 7.20. The van der Waals surface area contributed by atoms with Crippen molar-refractivity contribution >= 4 is 22.9 Å². The third-order valence-corrected chi connectivity index (χ3v) is 3.55. The van der Waals surface area contributed by atoms with Crippen LogP contribution in [0.3, 0.4) is 0 Å². The van der Waals surface area contributed by atoms with Crippen molar-refractivity contribution in [2.45, 2.75) is 0 Å². The Labute approximate surface area is 137 Å². The van der Waals surface area contributed by atoms with E-state index in [2.05, 4.69) is 15.0 Å². The molecular weight excluding hydrogens is 310 g/mol. The molecule has 7 heteroatoms. The SMILES string of the molecule is COc1cc(C=Nc2ccc3[nH]c(=O)[nH]c3c2)cc(OC)c1OC. The average Bonchev–Trinajstić information content (AvgIpc) is 2.97. The summed E-state index contributed by atoms with van der Waals surface area (Å²) in [6.45, 7) is 0. The van der Waals surface area contributed by atoms with E-state index in [-0.39, 0.29) is 5.69 Å². The molecule has 24 heavy (non-hydrogen) atoms. The Morgan fingerprint density at radius 3 is 2.21 bits per heavy atom. The third-order valence-electron chi connectivity index (χ3n) is 3.55. The second-order valence-electron chi connectivity index (χ2n) is 5.03. The molecule has 0 bridgehead atoms. The molecule has 3 aromatic rings. The second kappa shape index (κ2) is 6.49. The van der Waals surface area contributed by atoms with Gasteiger partial charge in [0.25, 0.3) is 0 Å². The minimum Gasteiger partial charge on any atom is -0.493 e. The fraction of sp³-hybridized carbons (Fsp3) is 0.176. The first-order chi connectivity index (χ1) is 11.6. The number of rotatable bonds is 5. The summed E-state index contributed by atoms with van der Waals surface area (Å²) >= 11 is 0. The van der Waals surface area contributed by atoms with E-state index in [1.807, 2.05) is 18.2 Å². The van der Waals surface area contributed by atoms with E-state index in [9.17, 15) is 4.79 Å². The molecule has 0 atom stereocenters. The summed E-state index contributed by atoms with van der Waals surface area (Å²) < 4.78 is 15.9. The molecule has 1 heterocycles. The van der Waals surface area contributed by atoms with Crippen LogP contribution in [0.1, 0.15) is 5.56 Å². The molecule has 0 unspecified atom stereocenters. The van der Waals surface area contributed by atoms with Crippen LogP contribution in [0.25, 0.3) is 11.0 Å². The Balaban J connectivity index is 1.96. The lowest BCUT2D eigenvalue weighted by molar-refractivity contribution is 0.324. The average molecular weight is 327 g/mol. The number of imidazole rings is 1. The lowest BCUT2D eigenvalue weighted by atomic mass is 10.2. The van der Waals surface area contributed by atoms with E-state index in [0.29, 0.717) is 28.5 Å². The number of aliphatic imine (C=N–C) groups is 1. The lowest BCUT2D eigenvalue weighted by Gasteiger charge is -2.12. The quantitative estimate of drug-likeness (QED) is 0.705. The summed E-state index contributed by atoms with van der Waals surface area (Å²) in [5.41, 5.74) is 2.72. The van der Waals surface area contributed by atoms with Crippen molar-refractivity contribution in [2.24, 2.45) is 4.99 Å².